The zero-order valence-corrected chi connectivity index (χ0v) is 8.42. The van der Waals surface area contributed by atoms with E-state index in [9.17, 15) is 9.18 Å². The highest BCUT2D eigenvalue weighted by Crippen LogP contribution is 2.27. The van der Waals surface area contributed by atoms with Gasteiger partial charge in [-0.05, 0) is 24.1 Å². The van der Waals surface area contributed by atoms with Crippen molar-refractivity contribution in [3.05, 3.63) is 29.6 Å². The van der Waals surface area contributed by atoms with Gasteiger partial charge in [-0.3, -0.25) is 4.79 Å². The minimum Gasteiger partial charge on any atom is -0.494 e. The van der Waals surface area contributed by atoms with Crippen LogP contribution < -0.4 is 10.1 Å². The van der Waals surface area contributed by atoms with Crippen LogP contribution in [0.15, 0.2) is 18.2 Å². The molecule has 1 atom stereocenters. The molecule has 0 spiro atoms. The highest BCUT2D eigenvalue weighted by Gasteiger charge is 2.22. The predicted octanol–water partition coefficient (Wildman–Crippen LogP) is 1.79. The molecule has 0 radical (unpaired) electrons. The van der Waals surface area contributed by atoms with Crippen molar-refractivity contribution in [2.24, 2.45) is 0 Å². The second-order valence-electron chi connectivity index (χ2n) is 3.55. The van der Waals surface area contributed by atoms with Gasteiger partial charge in [-0.1, -0.05) is 6.07 Å². The number of carbonyl (C=O) groups excluding carboxylic acids is 1. The van der Waals surface area contributed by atoms with Crippen molar-refractivity contribution in [2.75, 3.05) is 7.11 Å². The number of rotatable bonds is 2. The Hall–Kier alpha value is -1.58. The molecule has 0 bridgehead atoms. The maximum Gasteiger partial charge on any atom is 0.220 e. The van der Waals surface area contributed by atoms with Crippen LogP contribution in [0.3, 0.4) is 0 Å². The van der Waals surface area contributed by atoms with E-state index in [2.05, 4.69) is 5.32 Å². The van der Waals surface area contributed by atoms with Gasteiger partial charge in [0.25, 0.3) is 0 Å². The van der Waals surface area contributed by atoms with Gasteiger partial charge in [0.05, 0.1) is 13.2 Å². The largest absolute Gasteiger partial charge is 0.494 e. The Morgan fingerprint density at radius 1 is 1.53 bits per heavy atom. The number of benzene rings is 1. The van der Waals surface area contributed by atoms with Gasteiger partial charge in [-0.15, -0.1) is 0 Å². The predicted molar refractivity (Wildman–Crippen MR) is 53.1 cm³/mol. The van der Waals surface area contributed by atoms with Crippen molar-refractivity contribution in [1.82, 2.24) is 5.32 Å². The smallest absolute Gasteiger partial charge is 0.220 e. The fraction of sp³-hybridized carbons (Fsp3) is 0.364. The Labute approximate surface area is 87.2 Å². The molecule has 1 aromatic carbocycles. The molecule has 15 heavy (non-hydrogen) atoms. The summed E-state index contributed by atoms with van der Waals surface area (Å²) < 4.78 is 18.0. The maximum atomic E-state index is 13.1. The molecule has 1 amide bonds. The van der Waals surface area contributed by atoms with E-state index in [1.54, 1.807) is 12.1 Å². The first kappa shape index (κ1) is 9.96. The molecule has 1 aromatic rings. The number of nitrogens with one attached hydrogen (secondary N) is 1. The molecule has 1 saturated heterocycles. The molecule has 80 valence electrons. The molecule has 3 nitrogen and oxygen atoms in total. The van der Waals surface area contributed by atoms with Gasteiger partial charge in [0, 0.05) is 6.42 Å². The molecule has 1 unspecified atom stereocenters. The summed E-state index contributed by atoms with van der Waals surface area (Å²) in [7, 11) is 1.43. The van der Waals surface area contributed by atoms with E-state index in [-0.39, 0.29) is 23.5 Å². The summed E-state index contributed by atoms with van der Waals surface area (Å²) in [4.78, 5) is 11.0. The molecule has 1 aliphatic rings. The van der Waals surface area contributed by atoms with Crippen molar-refractivity contribution < 1.29 is 13.9 Å². The molecular weight excluding hydrogens is 197 g/mol. The molecule has 1 N–H and O–H groups in total. The fourth-order valence-corrected chi connectivity index (χ4v) is 1.76. The first-order valence-corrected chi connectivity index (χ1v) is 4.83. The van der Waals surface area contributed by atoms with Crippen LogP contribution in [0.25, 0.3) is 0 Å². The summed E-state index contributed by atoms with van der Waals surface area (Å²) in [6.07, 6.45) is 1.29. The molecule has 1 aliphatic heterocycles. The molecule has 2 rings (SSSR count). The number of amides is 1. The van der Waals surface area contributed by atoms with E-state index in [4.69, 9.17) is 4.74 Å². The van der Waals surface area contributed by atoms with Crippen LogP contribution in [0.2, 0.25) is 0 Å². The van der Waals surface area contributed by atoms with Crippen LogP contribution in [0.1, 0.15) is 24.4 Å². The van der Waals surface area contributed by atoms with Crippen molar-refractivity contribution in [1.29, 1.82) is 0 Å². The van der Waals surface area contributed by atoms with Gasteiger partial charge in [-0.25, -0.2) is 4.39 Å². The Bertz CT molecular complexity index is 392. The van der Waals surface area contributed by atoms with E-state index in [0.29, 0.717) is 6.42 Å². The zero-order valence-electron chi connectivity index (χ0n) is 8.42. The summed E-state index contributed by atoms with van der Waals surface area (Å²) in [5.74, 6) is -0.123. The number of carbonyl (C=O) groups is 1. The monoisotopic (exact) mass is 209 g/mol. The molecule has 4 heteroatoms. The van der Waals surface area contributed by atoms with Crippen LogP contribution in [0.4, 0.5) is 4.39 Å². The molecule has 0 aromatic heterocycles. The highest BCUT2D eigenvalue weighted by atomic mass is 19.1. The molecule has 1 fully saturated rings. The van der Waals surface area contributed by atoms with E-state index >= 15 is 0 Å². The lowest BCUT2D eigenvalue weighted by molar-refractivity contribution is -0.119. The maximum absolute atomic E-state index is 13.1. The summed E-state index contributed by atoms with van der Waals surface area (Å²) in [5, 5.41) is 2.82. The Kier molecular flexibility index (Phi) is 2.58. The minimum absolute atomic E-state index is 0.00741. The van der Waals surface area contributed by atoms with Crippen LogP contribution in [-0.4, -0.2) is 13.0 Å². The van der Waals surface area contributed by atoms with Gasteiger partial charge >= 0.3 is 0 Å². The number of ether oxygens (including phenoxy) is 1. The van der Waals surface area contributed by atoms with Crippen molar-refractivity contribution in [2.45, 2.75) is 18.9 Å². The molecule has 1 heterocycles. The van der Waals surface area contributed by atoms with Gasteiger partial charge in [0.15, 0.2) is 11.6 Å². The Morgan fingerprint density at radius 3 is 2.93 bits per heavy atom. The molecule has 0 aliphatic carbocycles. The third-order valence-corrected chi connectivity index (χ3v) is 2.57. The van der Waals surface area contributed by atoms with Crippen molar-refractivity contribution >= 4 is 5.91 Å². The number of hydrogen-bond donors (Lipinski definition) is 1. The third-order valence-electron chi connectivity index (χ3n) is 2.57. The highest BCUT2D eigenvalue weighted by molar-refractivity contribution is 5.78. The molecular formula is C11H12FNO2. The van der Waals surface area contributed by atoms with E-state index in [0.717, 1.165) is 12.0 Å². The van der Waals surface area contributed by atoms with Crippen LogP contribution >= 0.6 is 0 Å². The lowest BCUT2D eigenvalue weighted by Gasteiger charge is -2.11. The average Bonchev–Trinajstić information content (AvgIpc) is 2.66. The van der Waals surface area contributed by atoms with Crippen LogP contribution in [0.5, 0.6) is 5.75 Å². The first-order valence-electron chi connectivity index (χ1n) is 4.83. The summed E-state index contributed by atoms with van der Waals surface area (Å²) in [6, 6.07) is 4.66. The second kappa shape index (κ2) is 3.88. The lowest BCUT2D eigenvalue weighted by Crippen LogP contribution is -2.18. The third kappa shape index (κ3) is 1.93. The number of methoxy groups -OCH3 is 1. The van der Waals surface area contributed by atoms with Crippen molar-refractivity contribution in [3.8, 4) is 5.75 Å². The summed E-state index contributed by atoms with van der Waals surface area (Å²) in [6.45, 7) is 0. The Balaban J connectivity index is 2.25. The molecule has 0 saturated carbocycles. The second-order valence-corrected chi connectivity index (χ2v) is 3.55. The fourth-order valence-electron chi connectivity index (χ4n) is 1.76. The quantitative estimate of drug-likeness (QED) is 0.806. The van der Waals surface area contributed by atoms with Crippen LogP contribution in [0, 0.1) is 5.82 Å². The van der Waals surface area contributed by atoms with E-state index in [1.807, 2.05) is 0 Å². The average molecular weight is 209 g/mol. The number of halogens is 1. The lowest BCUT2D eigenvalue weighted by atomic mass is 10.1. The zero-order chi connectivity index (χ0) is 10.8. The van der Waals surface area contributed by atoms with Gasteiger partial charge in [-0.2, -0.15) is 0 Å². The van der Waals surface area contributed by atoms with Gasteiger partial charge in [0.2, 0.25) is 5.91 Å². The summed E-state index contributed by atoms with van der Waals surface area (Å²) in [5.41, 5.74) is 0.888. The first-order chi connectivity index (χ1) is 7.20. The Morgan fingerprint density at radius 2 is 2.33 bits per heavy atom. The van der Waals surface area contributed by atoms with Gasteiger partial charge in [0.1, 0.15) is 0 Å². The van der Waals surface area contributed by atoms with E-state index in [1.165, 1.54) is 13.2 Å². The topological polar surface area (TPSA) is 38.3 Å². The SMILES string of the molecule is COc1cc(C2CCC(=O)N2)ccc1F. The van der Waals surface area contributed by atoms with Gasteiger partial charge < -0.3 is 10.1 Å². The van der Waals surface area contributed by atoms with E-state index < -0.39 is 0 Å². The van der Waals surface area contributed by atoms with Crippen molar-refractivity contribution in [3.63, 3.8) is 0 Å². The van der Waals surface area contributed by atoms with Crippen LogP contribution in [-0.2, 0) is 4.79 Å². The summed E-state index contributed by atoms with van der Waals surface area (Å²) >= 11 is 0. The number of hydrogen-bond acceptors (Lipinski definition) is 2. The normalized spacial score (nSPS) is 20.1. The minimum atomic E-state index is -0.384. The standard InChI is InChI=1S/C11H12FNO2/c1-15-10-6-7(2-3-8(10)12)9-4-5-11(14)13-9/h2-3,6,9H,4-5H2,1H3,(H,13,14).